The van der Waals surface area contributed by atoms with Crippen molar-refractivity contribution in [2.75, 3.05) is 12.0 Å². The molecule has 0 atom stereocenters. The summed E-state index contributed by atoms with van der Waals surface area (Å²) < 4.78 is 26.1. The maximum Gasteiger partial charge on any atom is 0.346 e. The van der Waals surface area contributed by atoms with Crippen molar-refractivity contribution in [3.8, 4) is 0 Å². The maximum absolute atomic E-state index is 12.4. The van der Waals surface area contributed by atoms with Crippen molar-refractivity contribution in [1.82, 2.24) is 14.3 Å². The summed E-state index contributed by atoms with van der Waals surface area (Å²) in [5.41, 5.74) is -0.802. The lowest BCUT2D eigenvalue weighted by molar-refractivity contribution is 0.336. The molecule has 114 valence electrons. The van der Waals surface area contributed by atoms with Gasteiger partial charge < -0.3 is 0 Å². The molecule has 1 aromatic rings. The van der Waals surface area contributed by atoms with E-state index in [0.717, 1.165) is 12.8 Å². The van der Waals surface area contributed by atoms with Crippen LogP contribution in [0.3, 0.4) is 0 Å². The summed E-state index contributed by atoms with van der Waals surface area (Å²) in [5, 5.41) is 4.31. The minimum Gasteiger partial charge on any atom is -0.279 e. The fourth-order valence-electron chi connectivity index (χ4n) is 2.53. The third-order valence-electron chi connectivity index (χ3n) is 3.70. The van der Waals surface area contributed by atoms with Crippen molar-refractivity contribution in [1.29, 1.82) is 0 Å². The van der Waals surface area contributed by atoms with Crippen LogP contribution in [0.4, 0.5) is 0 Å². The summed E-state index contributed by atoms with van der Waals surface area (Å²) in [6, 6.07) is 0. The van der Waals surface area contributed by atoms with Gasteiger partial charge in [0.15, 0.2) is 0 Å². The van der Waals surface area contributed by atoms with Gasteiger partial charge in [0.05, 0.1) is 11.3 Å². The Balaban J connectivity index is 2.32. The van der Waals surface area contributed by atoms with Crippen molar-refractivity contribution >= 4 is 9.84 Å². The van der Waals surface area contributed by atoms with Crippen LogP contribution < -0.4 is 5.69 Å². The molecule has 20 heavy (non-hydrogen) atoms. The predicted octanol–water partition coefficient (Wildman–Crippen LogP) is 0.933. The van der Waals surface area contributed by atoms with Crippen LogP contribution in [-0.4, -0.2) is 34.8 Å². The lowest BCUT2D eigenvalue weighted by Gasteiger charge is -2.17. The third-order valence-corrected chi connectivity index (χ3v) is 4.84. The average Bonchev–Trinajstić information content (AvgIpc) is 2.90. The molecule has 1 aliphatic rings. The third kappa shape index (κ3) is 3.13. The zero-order valence-electron chi connectivity index (χ0n) is 12.8. The minimum absolute atomic E-state index is 0.145. The van der Waals surface area contributed by atoms with E-state index in [2.05, 4.69) is 5.10 Å². The van der Waals surface area contributed by atoms with Crippen LogP contribution in [0.25, 0.3) is 0 Å². The summed E-state index contributed by atoms with van der Waals surface area (Å²) in [7, 11) is -3.03. The smallest absolute Gasteiger partial charge is 0.279 e. The van der Waals surface area contributed by atoms with Gasteiger partial charge in [-0.25, -0.2) is 17.9 Å². The molecule has 0 saturated heterocycles. The molecule has 1 aromatic heterocycles. The Labute approximate surface area is 119 Å². The Morgan fingerprint density at radius 2 is 1.85 bits per heavy atom. The van der Waals surface area contributed by atoms with Gasteiger partial charge in [-0.3, -0.25) is 4.57 Å². The first-order chi connectivity index (χ1) is 8.94. The molecule has 0 unspecified atom stereocenters. The van der Waals surface area contributed by atoms with Gasteiger partial charge in [-0.05, 0) is 40.5 Å². The summed E-state index contributed by atoms with van der Waals surface area (Å²) in [5.74, 6) is 0.789. The van der Waals surface area contributed by atoms with Crippen LogP contribution in [0.1, 0.15) is 39.4 Å². The van der Waals surface area contributed by atoms with Gasteiger partial charge >= 0.3 is 5.69 Å². The molecule has 1 aliphatic carbocycles. The van der Waals surface area contributed by atoms with Gasteiger partial charge in [-0.15, -0.1) is 0 Å². The van der Waals surface area contributed by atoms with Crippen LogP contribution >= 0.6 is 0 Å². The van der Waals surface area contributed by atoms with E-state index in [1.54, 1.807) is 11.5 Å². The summed E-state index contributed by atoms with van der Waals surface area (Å²) in [6.07, 6.45) is 2.96. The standard InChI is InChI=1S/C13H23N3O3S/c1-10-14-16(12(2,3)4)11(17)15(10)8-13(6-7-13)9-20(5,18)19/h6-9H2,1-5H3. The molecule has 1 fully saturated rings. The SMILES string of the molecule is Cc1nn(C(C)(C)C)c(=O)n1CC1(CS(C)(=O)=O)CC1. The molecule has 1 saturated carbocycles. The van der Waals surface area contributed by atoms with Crippen molar-refractivity contribution in [2.45, 2.75) is 52.6 Å². The maximum atomic E-state index is 12.4. The summed E-state index contributed by atoms with van der Waals surface area (Å²) in [6.45, 7) is 8.01. The second kappa shape index (κ2) is 4.44. The Morgan fingerprint density at radius 1 is 1.30 bits per heavy atom. The number of nitrogens with zero attached hydrogens (tertiary/aromatic N) is 3. The number of aromatic nitrogens is 3. The highest BCUT2D eigenvalue weighted by molar-refractivity contribution is 7.90. The number of sulfone groups is 1. The van der Waals surface area contributed by atoms with Gasteiger partial charge in [0.2, 0.25) is 0 Å². The predicted molar refractivity (Wildman–Crippen MR) is 77.6 cm³/mol. The summed E-state index contributed by atoms with van der Waals surface area (Å²) >= 11 is 0. The molecule has 0 bridgehead atoms. The van der Waals surface area contributed by atoms with Gasteiger partial charge in [-0.1, -0.05) is 0 Å². The van der Waals surface area contributed by atoms with E-state index in [1.807, 2.05) is 20.8 Å². The largest absolute Gasteiger partial charge is 0.346 e. The lowest BCUT2D eigenvalue weighted by Crippen LogP contribution is -2.37. The fraction of sp³-hybridized carbons (Fsp3) is 0.846. The topological polar surface area (TPSA) is 74.0 Å². The average molecular weight is 301 g/mol. The van der Waals surface area contributed by atoms with Gasteiger partial charge in [-0.2, -0.15) is 5.10 Å². The van der Waals surface area contributed by atoms with E-state index in [1.165, 1.54) is 10.9 Å². The van der Waals surface area contributed by atoms with E-state index in [4.69, 9.17) is 0 Å². The Morgan fingerprint density at radius 3 is 2.20 bits per heavy atom. The van der Waals surface area contributed by atoms with Crippen molar-refractivity contribution in [3.05, 3.63) is 16.3 Å². The van der Waals surface area contributed by atoms with Crippen LogP contribution in [0.2, 0.25) is 0 Å². The van der Waals surface area contributed by atoms with Gasteiger partial charge in [0.1, 0.15) is 15.7 Å². The normalized spacial score (nSPS) is 18.2. The molecular formula is C13H23N3O3S. The molecule has 2 rings (SSSR count). The number of hydrogen-bond donors (Lipinski definition) is 0. The molecule has 0 aromatic carbocycles. The first kappa shape index (κ1) is 15.3. The zero-order valence-corrected chi connectivity index (χ0v) is 13.6. The quantitative estimate of drug-likeness (QED) is 0.829. The Bertz CT molecular complexity index is 673. The highest BCUT2D eigenvalue weighted by atomic mass is 32.2. The van der Waals surface area contributed by atoms with Crippen LogP contribution in [-0.2, 0) is 21.9 Å². The molecule has 0 radical (unpaired) electrons. The highest BCUT2D eigenvalue weighted by Gasteiger charge is 2.46. The first-order valence-electron chi connectivity index (χ1n) is 6.78. The monoisotopic (exact) mass is 301 g/mol. The molecule has 0 amide bonds. The number of hydrogen-bond acceptors (Lipinski definition) is 4. The first-order valence-corrected chi connectivity index (χ1v) is 8.84. The van der Waals surface area contributed by atoms with Crippen LogP contribution in [0, 0.1) is 12.3 Å². The molecule has 0 spiro atoms. The molecular weight excluding hydrogens is 278 g/mol. The van der Waals surface area contributed by atoms with E-state index in [9.17, 15) is 13.2 Å². The van der Waals surface area contributed by atoms with Crippen LogP contribution in [0.15, 0.2) is 4.79 Å². The highest BCUT2D eigenvalue weighted by Crippen LogP contribution is 2.48. The Kier molecular flexibility index (Phi) is 3.40. The fourth-order valence-corrected chi connectivity index (χ4v) is 4.02. The van der Waals surface area contributed by atoms with Gasteiger partial charge in [0.25, 0.3) is 0 Å². The van der Waals surface area contributed by atoms with E-state index >= 15 is 0 Å². The molecule has 7 heteroatoms. The molecule has 1 heterocycles. The minimum atomic E-state index is -3.03. The Hall–Kier alpha value is -1.11. The van der Waals surface area contributed by atoms with Crippen molar-refractivity contribution < 1.29 is 8.42 Å². The molecule has 0 aliphatic heterocycles. The van der Waals surface area contributed by atoms with E-state index in [-0.39, 0.29) is 22.4 Å². The molecule has 0 N–H and O–H groups in total. The number of rotatable bonds is 4. The second-order valence-electron chi connectivity index (χ2n) is 7.07. The summed E-state index contributed by atoms with van der Waals surface area (Å²) in [4.78, 5) is 12.4. The number of aryl methyl sites for hydroxylation is 1. The lowest BCUT2D eigenvalue weighted by atomic mass is 10.1. The van der Waals surface area contributed by atoms with Crippen molar-refractivity contribution in [2.24, 2.45) is 5.41 Å². The van der Waals surface area contributed by atoms with Crippen molar-refractivity contribution in [3.63, 3.8) is 0 Å². The van der Waals surface area contributed by atoms with E-state index in [0.29, 0.717) is 12.4 Å². The van der Waals surface area contributed by atoms with Crippen LogP contribution in [0.5, 0.6) is 0 Å². The zero-order chi connectivity index (χ0) is 15.3. The molecule has 6 nitrogen and oxygen atoms in total. The van der Waals surface area contributed by atoms with E-state index < -0.39 is 9.84 Å². The second-order valence-corrected chi connectivity index (χ2v) is 9.21. The van der Waals surface area contributed by atoms with Gasteiger partial charge in [0, 0.05) is 18.2 Å².